The summed E-state index contributed by atoms with van der Waals surface area (Å²) in [5.74, 6) is 0.940. The zero-order valence-corrected chi connectivity index (χ0v) is 11.7. The highest BCUT2D eigenvalue weighted by molar-refractivity contribution is 7.90. The largest absolute Gasteiger partial charge is 0.455 e. The maximum absolute atomic E-state index is 11.4. The Balaban J connectivity index is 2.25. The average Bonchev–Trinajstić information content (AvgIpc) is 2.41. The van der Waals surface area contributed by atoms with Crippen LogP contribution in [-0.2, 0) is 16.4 Å². The van der Waals surface area contributed by atoms with Crippen LogP contribution in [0.4, 0.5) is 5.69 Å². The number of aliphatic hydroxyl groups is 1. The fourth-order valence-corrected chi connectivity index (χ4v) is 2.30. The first kappa shape index (κ1) is 14.4. The minimum absolute atomic E-state index is 0.0362. The van der Waals surface area contributed by atoms with E-state index in [0.29, 0.717) is 11.5 Å². The summed E-state index contributed by atoms with van der Waals surface area (Å²) in [4.78, 5) is 0.151. The lowest BCUT2D eigenvalue weighted by molar-refractivity contribution is 0.281. The van der Waals surface area contributed by atoms with E-state index in [2.05, 4.69) is 0 Å². The second-order valence-electron chi connectivity index (χ2n) is 4.38. The van der Waals surface area contributed by atoms with Crippen LogP contribution in [0.1, 0.15) is 5.56 Å². The zero-order chi connectivity index (χ0) is 14.8. The van der Waals surface area contributed by atoms with Crippen LogP contribution in [-0.4, -0.2) is 19.8 Å². The lowest BCUT2D eigenvalue weighted by Crippen LogP contribution is -1.99. The van der Waals surface area contributed by atoms with Gasteiger partial charge in [0.05, 0.1) is 17.2 Å². The molecule has 2 aromatic carbocycles. The molecule has 5 nitrogen and oxygen atoms in total. The minimum atomic E-state index is -3.29. The number of sulfone groups is 1. The summed E-state index contributed by atoms with van der Waals surface area (Å²) >= 11 is 0. The number of benzene rings is 2. The van der Waals surface area contributed by atoms with Gasteiger partial charge in [-0.2, -0.15) is 0 Å². The van der Waals surface area contributed by atoms with E-state index in [-0.39, 0.29) is 17.2 Å². The minimum Gasteiger partial charge on any atom is -0.455 e. The first-order chi connectivity index (χ1) is 9.40. The lowest BCUT2D eigenvalue weighted by atomic mass is 10.2. The molecule has 2 rings (SSSR count). The Bertz CT molecular complexity index is 708. The molecule has 0 bridgehead atoms. The highest BCUT2D eigenvalue weighted by atomic mass is 32.2. The number of hydrogen-bond acceptors (Lipinski definition) is 5. The number of rotatable bonds is 4. The smallest absolute Gasteiger partial charge is 0.175 e. The van der Waals surface area contributed by atoms with Gasteiger partial charge in [0.25, 0.3) is 0 Å². The van der Waals surface area contributed by atoms with Gasteiger partial charge in [-0.05, 0) is 35.9 Å². The molecule has 0 atom stereocenters. The molecule has 6 heteroatoms. The van der Waals surface area contributed by atoms with E-state index in [9.17, 15) is 8.42 Å². The van der Waals surface area contributed by atoms with E-state index < -0.39 is 9.84 Å². The van der Waals surface area contributed by atoms with Crippen molar-refractivity contribution in [2.45, 2.75) is 11.5 Å². The normalized spacial score (nSPS) is 11.3. The molecule has 2 aromatic rings. The standard InChI is InChI=1S/C14H15NO4S/c1-20(17,18)12-6-7-14(13(15)8-12)19-11-4-2-10(9-16)3-5-11/h2-8,16H,9,15H2,1H3. The predicted molar refractivity (Wildman–Crippen MR) is 76.4 cm³/mol. The molecule has 0 saturated heterocycles. The monoisotopic (exact) mass is 293 g/mol. The SMILES string of the molecule is CS(=O)(=O)c1ccc(Oc2ccc(CO)cc2)c(N)c1. The van der Waals surface area contributed by atoms with Crippen molar-refractivity contribution in [3.8, 4) is 11.5 Å². The van der Waals surface area contributed by atoms with Gasteiger partial charge in [0.15, 0.2) is 9.84 Å². The molecule has 0 spiro atoms. The highest BCUT2D eigenvalue weighted by Gasteiger charge is 2.10. The molecule has 0 saturated carbocycles. The Morgan fingerprint density at radius 1 is 1.15 bits per heavy atom. The first-order valence-corrected chi connectivity index (χ1v) is 7.76. The van der Waals surface area contributed by atoms with E-state index in [1.54, 1.807) is 24.3 Å². The summed E-state index contributed by atoms with van der Waals surface area (Å²) in [5.41, 5.74) is 6.82. The second kappa shape index (κ2) is 5.52. The predicted octanol–water partition coefficient (Wildman–Crippen LogP) is 1.96. The van der Waals surface area contributed by atoms with Gasteiger partial charge in [-0.3, -0.25) is 0 Å². The first-order valence-electron chi connectivity index (χ1n) is 5.87. The molecule has 0 radical (unpaired) electrons. The topological polar surface area (TPSA) is 89.6 Å². The molecule has 0 aliphatic heterocycles. The Morgan fingerprint density at radius 2 is 1.80 bits per heavy atom. The van der Waals surface area contributed by atoms with Crippen LogP contribution in [0.25, 0.3) is 0 Å². The second-order valence-corrected chi connectivity index (χ2v) is 6.39. The average molecular weight is 293 g/mol. The molecule has 0 heterocycles. The maximum atomic E-state index is 11.4. The molecule has 20 heavy (non-hydrogen) atoms. The van der Waals surface area contributed by atoms with Crippen LogP contribution >= 0.6 is 0 Å². The van der Waals surface area contributed by atoms with Gasteiger partial charge in [0, 0.05) is 6.26 Å². The van der Waals surface area contributed by atoms with Crippen LogP contribution in [0.5, 0.6) is 11.5 Å². The zero-order valence-electron chi connectivity index (χ0n) is 10.9. The fraction of sp³-hybridized carbons (Fsp3) is 0.143. The van der Waals surface area contributed by atoms with Crippen molar-refractivity contribution in [2.75, 3.05) is 12.0 Å². The van der Waals surface area contributed by atoms with Crippen molar-refractivity contribution < 1.29 is 18.3 Å². The van der Waals surface area contributed by atoms with Crippen LogP contribution in [0.15, 0.2) is 47.4 Å². The number of ether oxygens (including phenoxy) is 1. The molecule has 0 aromatic heterocycles. The summed E-state index contributed by atoms with van der Waals surface area (Å²) in [6.07, 6.45) is 1.12. The van der Waals surface area contributed by atoms with Crippen molar-refractivity contribution in [1.82, 2.24) is 0 Å². The van der Waals surface area contributed by atoms with E-state index in [4.69, 9.17) is 15.6 Å². The Kier molecular flexibility index (Phi) is 3.96. The van der Waals surface area contributed by atoms with Gasteiger partial charge >= 0.3 is 0 Å². The Labute approximate surface area is 117 Å². The molecule has 0 amide bonds. The van der Waals surface area contributed by atoms with Crippen molar-refractivity contribution in [3.05, 3.63) is 48.0 Å². The molecule has 106 valence electrons. The van der Waals surface area contributed by atoms with Gasteiger partial charge < -0.3 is 15.6 Å². The number of nitrogens with two attached hydrogens (primary N) is 1. The van der Waals surface area contributed by atoms with E-state index in [0.717, 1.165) is 11.8 Å². The number of anilines is 1. The summed E-state index contributed by atoms with van der Waals surface area (Å²) in [5, 5.41) is 8.95. The number of nitrogen functional groups attached to an aromatic ring is 1. The van der Waals surface area contributed by atoms with Crippen molar-refractivity contribution in [2.24, 2.45) is 0 Å². The van der Waals surface area contributed by atoms with E-state index in [1.807, 2.05) is 0 Å². The number of aliphatic hydroxyl groups excluding tert-OH is 1. The third-order valence-corrected chi connectivity index (χ3v) is 3.85. The summed E-state index contributed by atoms with van der Waals surface area (Å²) in [7, 11) is -3.29. The third-order valence-electron chi connectivity index (χ3n) is 2.74. The van der Waals surface area contributed by atoms with Crippen LogP contribution in [0, 0.1) is 0 Å². The van der Waals surface area contributed by atoms with Crippen molar-refractivity contribution in [3.63, 3.8) is 0 Å². The summed E-state index contributed by atoms with van der Waals surface area (Å²) in [6.45, 7) is -0.0362. The molecular formula is C14H15NO4S. The van der Waals surface area contributed by atoms with Gasteiger partial charge in [-0.25, -0.2) is 8.42 Å². The Hall–Kier alpha value is -2.05. The van der Waals surface area contributed by atoms with E-state index >= 15 is 0 Å². The van der Waals surface area contributed by atoms with Gasteiger partial charge in [0.1, 0.15) is 11.5 Å². The fourth-order valence-electron chi connectivity index (χ4n) is 1.64. The third kappa shape index (κ3) is 3.28. The van der Waals surface area contributed by atoms with Gasteiger partial charge in [-0.15, -0.1) is 0 Å². The van der Waals surface area contributed by atoms with Gasteiger partial charge in [0.2, 0.25) is 0 Å². The summed E-state index contributed by atoms with van der Waals surface area (Å²) < 4.78 is 28.4. The Morgan fingerprint density at radius 3 is 2.30 bits per heavy atom. The maximum Gasteiger partial charge on any atom is 0.175 e. The highest BCUT2D eigenvalue weighted by Crippen LogP contribution is 2.29. The van der Waals surface area contributed by atoms with Crippen molar-refractivity contribution in [1.29, 1.82) is 0 Å². The molecule has 0 aliphatic carbocycles. The summed E-state index contributed by atoms with van der Waals surface area (Å²) in [6, 6.07) is 11.2. The van der Waals surface area contributed by atoms with Crippen molar-refractivity contribution >= 4 is 15.5 Å². The molecule has 0 fully saturated rings. The molecule has 0 aliphatic rings. The quantitative estimate of drug-likeness (QED) is 0.841. The van der Waals surface area contributed by atoms with Crippen LogP contribution < -0.4 is 10.5 Å². The van der Waals surface area contributed by atoms with Gasteiger partial charge in [-0.1, -0.05) is 12.1 Å². The lowest BCUT2D eigenvalue weighted by Gasteiger charge is -2.10. The molecule has 0 unspecified atom stereocenters. The molecule has 3 N–H and O–H groups in total. The number of hydrogen-bond donors (Lipinski definition) is 2. The van der Waals surface area contributed by atoms with E-state index in [1.165, 1.54) is 18.2 Å². The van der Waals surface area contributed by atoms with Crippen LogP contribution in [0.3, 0.4) is 0 Å². The van der Waals surface area contributed by atoms with Crippen LogP contribution in [0.2, 0.25) is 0 Å². The molecular weight excluding hydrogens is 278 g/mol.